The van der Waals surface area contributed by atoms with Crippen LogP contribution in [0.5, 0.6) is 11.5 Å². The van der Waals surface area contributed by atoms with E-state index in [0.717, 1.165) is 47.3 Å². The second kappa shape index (κ2) is 7.63. The van der Waals surface area contributed by atoms with Crippen LogP contribution in [0.25, 0.3) is 0 Å². The predicted octanol–water partition coefficient (Wildman–Crippen LogP) is 4.15. The van der Waals surface area contributed by atoms with Crippen LogP contribution in [0, 0.1) is 20.8 Å². The monoisotopic (exact) mass is 367 g/mol. The number of phenols is 1. The number of rotatable bonds is 5. The Morgan fingerprint density at radius 1 is 1.15 bits per heavy atom. The highest BCUT2D eigenvalue weighted by Crippen LogP contribution is 2.43. The van der Waals surface area contributed by atoms with E-state index in [2.05, 4.69) is 17.4 Å². The molecular weight excluding hydrogens is 338 g/mol. The first-order valence-electron chi connectivity index (χ1n) is 9.62. The number of carbonyl (C=O) groups is 1. The molecule has 27 heavy (non-hydrogen) atoms. The summed E-state index contributed by atoms with van der Waals surface area (Å²) in [6.45, 7) is 8.44. The Labute approximate surface area is 161 Å². The van der Waals surface area contributed by atoms with Crippen LogP contribution in [0.1, 0.15) is 47.6 Å². The van der Waals surface area contributed by atoms with E-state index in [4.69, 9.17) is 4.74 Å². The van der Waals surface area contributed by atoms with Crippen molar-refractivity contribution in [2.24, 2.45) is 0 Å². The van der Waals surface area contributed by atoms with E-state index < -0.39 is 5.60 Å². The summed E-state index contributed by atoms with van der Waals surface area (Å²) in [5, 5.41) is 13.3. The molecule has 0 radical (unpaired) electrons. The van der Waals surface area contributed by atoms with Gasteiger partial charge in [0.2, 0.25) is 5.91 Å². The molecule has 2 aromatic carbocycles. The van der Waals surface area contributed by atoms with Gasteiger partial charge in [0.1, 0.15) is 17.1 Å². The van der Waals surface area contributed by atoms with E-state index in [1.807, 2.05) is 45.9 Å². The summed E-state index contributed by atoms with van der Waals surface area (Å²) in [6.07, 6.45) is 2.72. The summed E-state index contributed by atoms with van der Waals surface area (Å²) >= 11 is 0. The van der Waals surface area contributed by atoms with Crippen LogP contribution < -0.4 is 10.1 Å². The Morgan fingerprint density at radius 3 is 2.56 bits per heavy atom. The van der Waals surface area contributed by atoms with Crippen molar-refractivity contribution in [3.05, 3.63) is 58.1 Å². The van der Waals surface area contributed by atoms with E-state index in [-0.39, 0.29) is 5.91 Å². The number of benzene rings is 2. The maximum absolute atomic E-state index is 12.5. The molecule has 0 spiro atoms. The normalized spacial score (nSPS) is 18.5. The number of hydrogen-bond donors (Lipinski definition) is 2. The van der Waals surface area contributed by atoms with Crippen LogP contribution in [0.15, 0.2) is 30.3 Å². The van der Waals surface area contributed by atoms with E-state index in [9.17, 15) is 9.90 Å². The maximum Gasteiger partial charge on any atom is 0.224 e. The Kier molecular flexibility index (Phi) is 5.45. The van der Waals surface area contributed by atoms with Crippen molar-refractivity contribution < 1.29 is 14.6 Å². The molecule has 2 aromatic rings. The molecule has 1 aliphatic heterocycles. The van der Waals surface area contributed by atoms with Crippen LogP contribution >= 0.6 is 0 Å². The Bertz CT molecular complexity index is 845. The molecule has 0 aromatic heterocycles. The molecule has 0 aliphatic carbocycles. The predicted molar refractivity (Wildman–Crippen MR) is 107 cm³/mol. The average molecular weight is 367 g/mol. The molecule has 1 amide bonds. The van der Waals surface area contributed by atoms with E-state index in [0.29, 0.717) is 18.7 Å². The van der Waals surface area contributed by atoms with Gasteiger partial charge in [0.05, 0.1) is 6.42 Å². The quantitative estimate of drug-likeness (QED) is 0.835. The summed E-state index contributed by atoms with van der Waals surface area (Å²) in [6, 6.07) is 10.1. The van der Waals surface area contributed by atoms with Gasteiger partial charge in [0.25, 0.3) is 0 Å². The van der Waals surface area contributed by atoms with E-state index in [1.54, 1.807) is 0 Å². The minimum atomic E-state index is -0.523. The number of ether oxygens (including phenoxy) is 1. The molecule has 1 heterocycles. The lowest BCUT2D eigenvalue weighted by Crippen LogP contribution is -2.42. The first-order valence-corrected chi connectivity index (χ1v) is 9.62. The second-order valence-electron chi connectivity index (χ2n) is 7.85. The Balaban J connectivity index is 1.64. The highest BCUT2D eigenvalue weighted by molar-refractivity contribution is 5.77. The van der Waals surface area contributed by atoms with Gasteiger partial charge in [-0.25, -0.2) is 0 Å². The standard InChI is InChI=1S/C23H29NO3/c1-15-16(2)22-19(17(3)21(15)26)10-12-23(4,27-22)14-20(25)24-13-11-18-8-6-5-7-9-18/h5-9,26H,10-14H2,1-4H3,(H,24,25). The third-order valence-corrected chi connectivity index (χ3v) is 5.71. The van der Waals surface area contributed by atoms with Crippen LogP contribution in [-0.2, 0) is 17.6 Å². The Morgan fingerprint density at radius 2 is 1.85 bits per heavy atom. The van der Waals surface area contributed by atoms with Gasteiger partial charge < -0.3 is 15.2 Å². The molecule has 1 atom stereocenters. The topological polar surface area (TPSA) is 58.6 Å². The van der Waals surface area contributed by atoms with Crippen molar-refractivity contribution in [1.29, 1.82) is 0 Å². The summed E-state index contributed by atoms with van der Waals surface area (Å²) in [5.74, 6) is 1.22. The minimum Gasteiger partial charge on any atom is -0.507 e. The smallest absolute Gasteiger partial charge is 0.224 e. The van der Waals surface area contributed by atoms with E-state index in [1.165, 1.54) is 5.56 Å². The summed E-state index contributed by atoms with van der Waals surface area (Å²) in [4.78, 5) is 12.5. The van der Waals surface area contributed by atoms with Gasteiger partial charge in [-0.15, -0.1) is 0 Å². The van der Waals surface area contributed by atoms with Gasteiger partial charge in [-0.1, -0.05) is 30.3 Å². The lowest BCUT2D eigenvalue weighted by molar-refractivity contribution is -0.125. The molecule has 1 unspecified atom stereocenters. The van der Waals surface area contributed by atoms with Crippen molar-refractivity contribution in [3.63, 3.8) is 0 Å². The largest absolute Gasteiger partial charge is 0.507 e. The lowest BCUT2D eigenvalue weighted by atomic mass is 9.85. The third-order valence-electron chi connectivity index (χ3n) is 5.71. The maximum atomic E-state index is 12.5. The fraction of sp³-hybridized carbons (Fsp3) is 0.435. The highest BCUT2D eigenvalue weighted by atomic mass is 16.5. The van der Waals surface area contributed by atoms with Gasteiger partial charge in [0.15, 0.2) is 0 Å². The first kappa shape index (κ1) is 19.3. The van der Waals surface area contributed by atoms with Crippen LogP contribution in [-0.4, -0.2) is 23.2 Å². The minimum absolute atomic E-state index is 0.0155. The van der Waals surface area contributed by atoms with Crippen LogP contribution in [0.4, 0.5) is 0 Å². The van der Waals surface area contributed by atoms with Crippen molar-refractivity contribution in [2.75, 3.05) is 6.54 Å². The van der Waals surface area contributed by atoms with Crippen molar-refractivity contribution in [3.8, 4) is 11.5 Å². The lowest BCUT2D eigenvalue weighted by Gasteiger charge is -2.37. The zero-order valence-corrected chi connectivity index (χ0v) is 16.7. The summed E-state index contributed by atoms with van der Waals surface area (Å²) in [5.41, 5.74) is 4.46. The number of fused-ring (bicyclic) bond motifs is 1. The molecule has 2 N–H and O–H groups in total. The van der Waals surface area contributed by atoms with E-state index >= 15 is 0 Å². The zero-order valence-electron chi connectivity index (χ0n) is 16.7. The van der Waals surface area contributed by atoms with Crippen molar-refractivity contribution in [1.82, 2.24) is 5.32 Å². The molecule has 0 bridgehead atoms. The van der Waals surface area contributed by atoms with Gasteiger partial charge in [0, 0.05) is 12.1 Å². The van der Waals surface area contributed by atoms with Gasteiger partial charge >= 0.3 is 0 Å². The highest BCUT2D eigenvalue weighted by Gasteiger charge is 2.36. The van der Waals surface area contributed by atoms with Crippen LogP contribution in [0.2, 0.25) is 0 Å². The molecule has 1 aliphatic rings. The number of hydrogen-bond acceptors (Lipinski definition) is 3. The molecule has 0 saturated heterocycles. The molecule has 4 nitrogen and oxygen atoms in total. The molecule has 0 saturated carbocycles. The fourth-order valence-corrected chi connectivity index (χ4v) is 3.81. The zero-order chi connectivity index (χ0) is 19.6. The molecule has 0 fully saturated rings. The number of aromatic hydroxyl groups is 1. The summed E-state index contributed by atoms with van der Waals surface area (Å²) in [7, 11) is 0. The summed E-state index contributed by atoms with van der Waals surface area (Å²) < 4.78 is 6.33. The SMILES string of the molecule is Cc1c(C)c2c(c(C)c1O)CCC(C)(CC(=O)NCCc1ccccc1)O2. The van der Waals surface area contributed by atoms with Gasteiger partial charge in [-0.05, 0) is 69.2 Å². The second-order valence-corrected chi connectivity index (χ2v) is 7.85. The van der Waals surface area contributed by atoms with Gasteiger partial charge in [-0.3, -0.25) is 4.79 Å². The molecule has 3 rings (SSSR count). The number of amides is 1. The fourth-order valence-electron chi connectivity index (χ4n) is 3.81. The number of nitrogens with one attached hydrogen (secondary N) is 1. The van der Waals surface area contributed by atoms with Crippen molar-refractivity contribution >= 4 is 5.91 Å². The molecule has 4 heteroatoms. The Hall–Kier alpha value is -2.49. The van der Waals surface area contributed by atoms with Gasteiger partial charge in [-0.2, -0.15) is 0 Å². The first-order chi connectivity index (χ1) is 12.8. The number of carbonyl (C=O) groups excluding carboxylic acids is 1. The number of phenolic OH excluding ortho intramolecular Hbond substituents is 1. The molecule has 144 valence electrons. The molecular formula is C23H29NO3. The van der Waals surface area contributed by atoms with Crippen LogP contribution in [0.3, 0.4) is 0 Å². The average Bonchev–Trinajstić information content (AvgIpc) is 2.65. The third kappa shape index (κ3) is 4.10. The van der Waals surface area contributed by atoms with Crippen molar-refractivity contribution in [2.45, 2.75) is 59.0 Å².